The quantitative estimate of drug-likeness (QED) is 0.364. The minimum atomic E-state index is -0.219. The largest absolute Gasteiger partial charge is 0.458 e. The van der Waals surface area contributed by atoms with Crippen LogP contribution in [0.1, 0.15) is 49.4 Å². The molecule has 0 amide bonds. The Morgan fingerprint density at radius 1 is 1.20 bits per heavy atom. The minimum Gasteiger partial charge on any atom is -0.458 e. The van der Waals surface area contributed by atoms with Crippen molar-refractivity contribution in [3.8, 4) is 0 Å². The molecule has 138 valence electrons. The highest BCUT2D eigenvalue weighted by Gasteiger charge is 2.14. The normalized spacial score (nSPS) is 16.8. The van der Waals surface area contributed by atoms with Gasteiger partial charge in [0.1, 0.15) is 6.10 Å². The Morgan fingerprint density at radius 3 is 2.68 bits per heavy atom. The molecule has 1 aromatic carbocycles. The van der Waals surface area contributed by atoms with Crippen LogP contribution in [-0.2, 0) is 9.47 Å². The van der Waals surface area contributed by atoms with Gasteiger partial charge in [0.15, 0.2) is 0 Å². The summed E-state index contributed by atoms with van der Waals surface area (Å²) in [6.45, 7) is 6.76. The molecule has 2 rings (SSSR count). The van der Waals surface area contributed by atoms with Gasteiger partial charge in [0.2, 0.25) is 0 Å². The van der Waals surface area contributed by atoms with Gasteiger partial charge in [-0.25, -0.2) is 4.79 Å². The molecule has 1 aromatic rings. The average molecular weight is 345 g/mol. The van der Waals surface area contributed by atoms with Gasteiger partial charge in [0.25, 0.3) is 0 Å². The molecule has 1 saturated heterocycles. The lowest BCUT2D eigenvalue weighted by Crippen LogP contribution is -2.36. The fourth-order valence-electron chi connectivity index (χ4n) is 2.90. The zero-order valence-corrected chi connectivity index (χ0v) is 15.4. The number of hydrogen-bond donors (Lipinski definition) is 0. The van der Waals surface area contributed by atoms with Crippen molar-refractivity contribution < 1.29 is 14.3 Å². The summed E-state index contributed by atoms with van der Waals surface area (Å²) in [5.74, 6) is -0.219. The molecule has 0 aromatic heterocycles. The van der Waals surface area contributed by atoms with Gasteiger partial charge in [-0.2, -0.15) is 0 Å². The van der Waals surface area contributed by atoms with Crippen LogP contribution in [0.25, 0.3) is 0 Å². The molecule has 1 atom stereocenters. The first-order chi connectivity index (χ1) is 12.3. The lowest BCUT2D eigenvalue weighted by molar-refractivity contribution is 0.0282. The molecule has 1 heterocycles. The zero-order valence-electron chi connectivity index (χ0n) is 15.4. The van der Waals surface area contributed by atoms with Gasteiger partial charge in [0.05, 0.1) is 18.8 Å². The maximum Gasteiger partial charge on any atom is 0.338 e. The first kappa shape index (κ1) is 19.7. The second kappa shape index (κ2) is 11.8. The molecule has 0 spiro atoms. The lowest BCUT2D eigenvalue weighted by Gasteiger charge is -2.25. The Morgan fingerprint density at radius 2 is 1.96 bits per heavy atom. The monoisotopic (exact) mass is 345 g/mol. The number of nitrogens with zero attached hydrogens (tertiary/aromatic N) is 1. The summed E-state index contributed by atoms with van der Waals surface area (Å²) in [7, 11) is 0. The SMILES string of the molecule is CCCCCC(C/C=C/CN1CCOCC1)OC(=O)c1ccccc1. The smallest absolute Gasteiger partial charge is 0.338 e. The molecule has 1 unspecified atom stereocenters. The number of hydrogen-bond acceptors (Lipinski definition) is 4. The molecule has 0 N–H and O–H groups in total. The zero-order chi connectivity index (χ0) is 17.7. The van der Waals surface area contributed by atoms with Crippen molar-refractivity contribution in [2.75, 3.05) is 32.8 Å². The molecule has 0 bridgehead atoms. The third-order valence-electron chi connectivity index (χ3n) is 4.45. The summed E-state index contributed by atoms with van der Waals surface area (Å²) in [5.41, 5.74) is 0.625. The Kier molecular flexibility index (Phi) is 9.31. The summed E-state index contributed by atoms with van der Waals surface area (Å²) in [6, 6.07) is 9.25. The number of benzene rings is 1. The fourth-order valence-corrected chi connectivity index (χ4v) is 2.90. The van der Waals surface area contributed by atoms with E-state index >= 15 is 0 Å². The number of rotatable bonds is 10. The molecule has 0 saturated carbocycles. The minimum absolute atomic E-state index is 0.0415. The first-order valence-corrected chi connectivity index (χ1v) is 9.50. The van der Waals surface area contributed by atoms with Crippen molar-refractivity contribution in [1.29, 1.82) is 0 Å². The van der Waals surface area contributed by atoms with Crippen molar-refractivity contribution in [2.24, 2.45) is 0 Å². The van der Waals surface area contributed by atoms with Gasteiger partial charge in [-0.15, -0.1) is 0 Å². The number of esters is 1. The summed E-state index contributed by atoms with van der Waals surface area (Å²) in [6.07, 6.45) is 9.46. The molecule has 1 aliphatic rings. The first-order valence-electron chi connectivity index (χ1n) is 9.50. The van der Waals surface area contributed by atoms with Crippen molar-refractivity contribution in [3.63, 3.8) is 0 Å². The fraction of sp³-hybridized carbons (Fsp3) is 0.571. The molecule has 4 nitrogen and oxygen atoms in total. The number of carbonyl (C=O) groups excluding carboxylic acids is 1. The van der Waals surface area contributed by atoms with Crippen LogP contribution in [0.4, 0.5) is 0 Å². The second-order valence-corrected chi connectivity index (χ2v) is 6.51. The predicted molar refractivity (Wildman–Crippen MR) is 101 cm³/mol. The average Bonchev–Trinajstić information content (AvgIpc) is 2.66. The number of unbranched alkanes of at least 4 members (excludes halogenated alkanes) is 2. The van der Waals surface area contributed by atoms with Crippen LogP contribution in [-0.4, -0.2) is 49.8 Å². The van der Waals surface area contributed by atoms with E-state index < -0.39 is 0 Å². The summed E-state index contributed by atoms with van der Waals surface area (Å²) < 4.78 is 11.1. The van der Waals surface area contributed by atoms with E-state index in [4.69, 9.17) is 9.47 Å². The van der Waals surface area contributed by atoms with Crippen LogP contribution < -0.4 is 0 Å². The molecule has 4 heteroatoms. The van der Waals surface area contributed by atoms with Gasteiger partial charge in [-0.1, -0.05) is 50.1 Å². The van der Waals surface area contributed by atoms with Gasteiger partial charge < -0.3 is 9.47 Å². The van der Waals surface area contributed by atoms with Gasteiger partial charge in [0, 0.05) is 26.1 Å². The Bertz CT molecular complexity index is 509. The van der Waals surface area contributed by atoms with Crippen LogP contribution >= 0.6 is 0 Å². The van der Waals surface area contributed by atoms with Gasteiger partial charge in [-0.3, -0.25) is 4.90 Å². The summed E-state index contributed by atoms with van der Waals surface area (Å²) in [4.78, 5) is 14.7. The number of morpholine rings is 1. The van der Waals surface area contributed by atoms with E-state index in [-0.39, 0.29) is 12.1 Å². The van der Waals surface area contributed by atoms with Crippen LogP contribution in [0.15, 0.2) is 42.5 Å². The highest BCUT2D eigenvalue weighted by Crippen LogP contribution is 2.14. The maximum atomic E-state index is 12.3. The van der Waals surface area contributed by atoms with Crippen LogP contribution in [0.5, 0.6) is 0 Å². The molecule has 25 heavy (non-hydrogen) atoms. The van der Waals surface area contributed by atoms with E-state index in [9.17, 15) is 4.79 Å². The number of ether oxygens (including phenoxy) is 2. The third kappa shape index (κ3) is 7.84. The second-order valence-electron chi connectivity index (χ2n) is 6.51. The van der Waals surface area contributed by atoms with Crippen molar-refractivity contribution in [2.45, 2.75) is 45.1 Å². The van der Waals surface area contributed by atoms with Gasteiger partial charge in [-0.05, 0) is 25.0 Å². The number of carbonyl (C=O) groups is 1. The topological polar surface area (TPSA) is 38.8 Å². The third-order valence-corrected chi connectivity index (χ3v) is 4.45. The molecule has 0 aliphatic carbocycles. The van der Waals surface area contributed by atoms with E-state index in [1.165, 1.54) is 12.8 Å². The van der Waals surface area contributed by atoms with E-state index in [2.05, 4.69) is 24.0 Å². The summed E-state index contributed by atoms with van der Waals surface area (Å²) in [5, 5.41) is 0. The van der Waals surface area contributed by atoms with Crippen molar-refractivity contribution >= 4 is 5.97 Å². The molecule has 0 radical (unpaired) electrons. The van der Waals surface area contributed by atoms with E-state index in [1.54, 1.807) is 12.1 Å². The highest BCUT2D eigenvalue weighted by atomic mass is 16.5. The lowest BCUT2D eigenvalue weighted by atomic mass is 10.1. The van der Waals surface area contributed by atoms with E-state index in [0.29, 0.717) is 5.56 Å². The highest BCUT2D eigenvalue weighted by molar-refractivity contribution is 5.89. The van der Waals surface area contributed by atoms with Crippen molar-refractivity contribution in [3.05, 3.63) is 48.0 Å². The van der Waals surface area contributed by atoms with Crippen LogP contribution in [0.3, 0.4) is 0 Å². The molecular formula is C21H31NO3. The molecule has 1 aliphatic heterocycles. The van der Waals surface area contributed by atoms with Gasteiger partial charge >= 0.3 is 5.97 Å². The molecule has 1 fully saturated rings. The van der Waals surface area contributed by atoms with Crippen molar-refractivity contribution in [1.82, 2.24) is 4.90 Å². The van der Waals surface area contributed by atoms with E-state index in [0.717, 1.165) is 52.1 Å². The maximum absolute atomic E-state index is 12.3. The predicted octanol–water partition coefficient (Wildman–Crippen LogP) is 4.07. The summed E-state index contributed by atoms with van der Waals surface area (Å²) >= 11 is 0. The standard InChI is InChI=1S/C21H31NO3/c1-2-3-5-12-20(25-21(23)19-10-6-4-7-11-19)13-8-9-14-22-15-17-24-18-16-22/h4,6-11,20H,2-3,5,12-18H2,1H3/b9-8+. The Hall–Kier alpha value is -1.65. The molecular weight excluding hydrogens is 314 g/mol. The van der Waals surface area contributed by atoms with Crippen LogP contribution in [0, 0.1) is 0 Å². The Balaban J connectivity index is 1.80. The van der Waals surface area contributed by atoms with Crippen LogP contribution in [0.2, 0.25) is 0 Å². The van der Waals surface area contributed by atoms with E-state index in [1.807, 2.05) is 18.2 Å². The Labute approximate surface area is 151 Å².